The van der Waals surface area contributed by atoms with Crippen LogP contribution in [0.1, 0.15) is 39.5 Å². The molecule has 2 nitrogen and oxygen atoms in total. The maximum atomic E-state index is 3.81. The number of hydrogen-bond acceptors (Lipinski definition) is 2. The molecule has 2 heteroatoms. The highest BCUT2D eigenvalue weighted by molar-refractivity contribution is 5.01. The van der Waals surface area contributed by atoms with E-state index in [9.17, 15) is 0 Å². The zero-order chi connectivity index (χ0) is 10.0. The van der Waals surface area contributed by atoms with E-state index >= 15 is 0 Å². The van der Waals surface area contributed by atoms with E-state index in [1.807, 2.05) is 0 Å². The topological polar surface area (TPSA) is 24.1 Å². The standard InChI is InChI=1S/C12H24N2/c1-10(2)12(6-3-7-14-12)11-4-8-13-9-5-11/h10-11,13-14H,3-9H2,1-2H3. The highest BCUT2D eigenvalue weighted by atomic mass is 15.0. The first-order valence-electron chi connectivity index (χ1n) is 6.21. The number of rotatable bonds is 2. The van der Waals surface area contributed by atoms with Crippen LogP contribution in [0.5, 0.6) is 0 Å². The molecule has 1 unspecified atom stereocenters. The fourth-order valence-corrected chi connectivity index (χ4v) is 3.44. The molecule has 1 atom stereocenters. The van der Waals surface area contributed by atoms with E-state index in [4.69, 9.17) is 0 Å². The first-order chi connectivity index (χ1) is 6.76. The molecule has 2 aliphatic heterocycles. The second kappa shape index (κ2) is 4.19. The summed E-state index contributed by atoms with van der Waals surface area (Å²) < 4.78 is 0. The van der Waals surface area contributed by atoms with Gasteiger partial charge in [0.25, 0.3) is 0 Å². The van der Waals surface area contributed by atoms with Gasteiger partial charge in [0.15, 0.2) is 0 Å². The molecule has 0 spiro atoms. The van der Waals surface area contributed by atoms with Gasteiger partial charge in [-0.05, 0) is 57.2 Å². The lowest BCUT2D eigenvalue weighted by Crippen LogP contribution is -2.53. The van der Waals surface area contributed by atoms with Gasteiger partial charge in [-0.1, -0.05) is 13.8 Å². The van der Waals surface area contributed by atoms with Gasteiger partial charge in [-0.3, -0.25) is 0 Å². The van der Waals surface area contributed by atoms with Crippen molar-refractivity contribution in [2.24, 2.45) is 11.8 Å². The van der Waals surface area contributed by atoms with Crippen molar-refractivity contribution in [2.75, 3.05) is 19.6 Å². The largest absolute Gasteiger partial charge is 0.317 e. The Kier molecular flexibility index (Phi) is 3.13. The van der Waals surface area contributed by atoms with E-state index in [1.165, 1.54) is 45.3 Å². The van der Waals surface area contributed by atoms with Crippen molar-refractivity contribution < 1.29 is 0 Å². The van der Waals surface area contributed by atoms with Crippen LogP contribution in [0.25, 0.3) is 0 Å². The fraction of sp³-hybridized carbons (Fsp3) is 1.00. The second-order valence-electron chi connectivity index (χ2n) is 5.25. The third kappa shape index (κ3) is 1.70. The Bertz CT molecular complexity index is 177. The maximum absolute atomic E-state index is 3.81. The molecule has 0 aromatic rings. The smallest absolute Gasteiger partial charge is 0.0233 e. The molecule has 2 fully saturated rings. The van der Waals surface area contributed by atoms with Gasteiger partial charge in [-0.2, -0.15) is 0 Å². The molecule has 14 heavy (non-hydrogen) atoms. The quantitative estimate of drug-likeness (QED) is 0.703. The Balaban J connectivity index is 2.08. The van der Waals surface area contributed by atoms with Gasteiger partial charge in [0.1, 0.15) is 0 Å². The molecule has 2 saturated heterocycles. The van der Waals surface area contributed by atoms with Crippen molar-refractivity contribution in [3.05, 3.63) is 0 Å². The van der Waals surface area contributed by atoms with E-state index in [2.05, 4.69) is 24.5 Å². The molecule has 82 valence electrons. The molecule has 2 aliphatic rings. The van der Waals surface area contributed by atoms with Gasteiger partial charge in [0, 0.05) is 5.54 Å². The van der Waals surface area contributed by atoms with E-state index in [1.54, 1.807) is 0 Å². The van der Waals surface area contributed by atoms with Gasteiger partial charge in [-0.25, -0.2) is 0 Å². The summed E-state index contributed by atoms with van der Waals surface area (Å²) in [4.78, 5) is 0. The predicted molar refractivity (Wildman–Crippen MR) is 60.4 cm³/mol. The third-order valence-electron chi connectivity index (χ3n) is 4.32. The normalized spacial score (nSPS) is 35.4. The van der Waals surface area contributed by atoms with E-state index in [0.717, 1.165) is 11.8 Å². The average Bonchev–Trinajstić information content (AvgIpc) is 2.69. The van der Waals surface area contributed by atoms with Gasteiger partial charge < -0.3 is 10.6 Å². The van der Waals surface area contributed by atoms with Crippen molar-refractivity contribution in [1.82, 2.24) is 10.6 Å². The molecule has 0 aromatic heterocycles. The van der Waals surface area contributed by atoms with Gasteiger partial charge in [0.05, 0.1) is 0 Å². The summed E-state index contributed by atoms with van der Waals surface area (Å²) in [5.74, 6) is 1.69. The zero-order valence-corrected chi connectivity index (χ0v) is 9.60. The highest BCUT2D eigenvalue weighted by Gasteiger charge is 2.43. The monoisotopic (exact) mass is 196 g/mol. The molecule has 0 aliphatic carbocycles. The summed E-state index contributed by atoms with van der Waals surface area (Å²) in [6, 6.07) is 0. The second-order valence-corrected chi connectivity index (χ2v) is 5.25. The van der Waals surface area contributed by atoms with Crippen LogP contribution >= 0.6 is 0 Å². The number of piperidine rings is 1. The summed E-state index contributed by atoms with van der Waals surface area (Å²) in [6.07, 6.45) is 5.51. The van der Waals surface area contributed by atoms with Crippen molar-refractivity contribution in [3.63, 3.8) is 0 Å². The van der Waals surface area contributed by atoms with Crippen LogP contribution in [0, 0.1) is 11.8 Å². The molecule has 0 aromatic carbocycles. The highest BCUT2D eigenvalue weighted by Crippen LogP contribution is 2.38. The maximum Gasteiger partial charge on any atom is 0.0233 e. The Labute approximate surface area is 87.8 Å². The number of nitrogens with one attached hydrogen (secondary N) is 2. The van der Waals surface area contributed by atoms with Crippen LogP contribution in [0.4, 0.5) is 0 Å². The summed E-state index contributed by atoms with van der Waals surface area (Å²) >= 11 is 0. The number of hydrogen-bond donors (Lipinski definition) is 2. The van der Waals surface area contributed by atoms with Crippen molar-refractivity contribution in [2.45, 2.75) is 45.1 Å². The van der Waals surface area contributed by atoms with Gasteiger partial charge in [0.2, 0.25) is 0 Å². The third-order valence-corrected chi connectivity index (χ3v) is 4.32. The summed E-state index contributed by atoms with van der Waals surface area (Å²) in [6.45, 7) is 8.46. The first-order valence-corrected chi connectivity index (χ1v) is 6.21. The Hall–Kier alpha value is -0.0800. The van der Waals surface area contributed by atoms with Crippen LogP contribution in [-0.4, -0.2) is 25.2 Å². The predicted octanol–water partition coefficient (Wildman–Crippen LogP) is 1.76. The fourth-order valence-electron chi connectivity index (χ4n) is 3.44. The van der Waals surface area contributed by atoms with E-state index in [0.29, 0.717) is 5.54 Å². The SMILES string of the molecule is CC(C)C1(C2CCNCC2)CCCN1. The van der Waals surface area contributed by atoms with Gasteiger partial charge in [-0.15, -0.1) is 0 Å². The summed E-state index contributed by atoms with van der Waals surface area (Å²) in [7, 11) is 0. The molecule has 0 radical (unpaired) electrons. The minimum Gasteiger partial charge on any atom is -0.317 e. The minimum atomic E-state index is 0.474. The average molecular weight is 196 g/mol. The van der Waals surface area contributed by atoms with Gasteiger partial charge >= 0.3 is 0 Å². The molecule has 2 N–H and O–H groups in total. The molecule has 2 heterocycles. The van der Waals surface area contributed by atoms with Crippen molar-refractivity contribution >= 4 is 0 Å². The lowest BCUT2D eigenvalue weighted by molar-refractivity contribution is 0.135. The van der Waals surface area contributed by atoms with E-state index < -0.39 is 0 Å². The lowest BCUT2D eigenvalue weighted by atomic mass is 9.70. The van der Waals surface area contributed by atoms with E-state index in [-0.39, 0.29) is 0 Å². The van der Waals surface area contributed by atoms with Crippen LogP contribution < -0.4 is 10.6 Å². The van der Waals surface area contributed by atoms with Crippen LogP contribution in [0.3, 0.4) is 0 Å². The molecule has 2 rings (SSSR count). The Morgan fingerprint density at radius 2 is 1.86 bits per heavy atom. The van der Waals surface area contributed by atoms with Crippen LogP contribution in [0.2, 0.25) is 0 Å². The molecular formula is C12H24N2. The van der Waals surface area contributed by atoms with Crippen molar-refractivity contribution in [3.8, 4) is 0 Å². The van der Waals surface area contributed by atoms with Crippen LogP contribution in [0.15, 0.2) is 0 Å². The summed E-state index contributed by atoms with van der Waals surface area (Å²) in [5, 5.41) is 7.28. The first kappa shape index (κ1) is 10.4. The summed E-state index contributed by atoms with van der Waals surface area (Å²) in [5.41, 5.74) is 0.474. The molecular weight excluding hydrogens is 172 g/mol. The molecule has 0 amide bonds. The molecule has 0 saturated carbocycles. The Morgan fingerprint density at radius 1 is 1.14 bits per heavy atom. The lowest BCUT2D eigenvalue weighted by Gasteiger charge is -2.43. The molecule has 0 bridgehead atoms. The van der Waals surface area contributed by atoms with Crippen LogP contribution in [-0.2, 0) is 0 Å². The van der Waals surface area contributed by atoms with Crippen molar-refractivity contribution in [1.29, 1.82) is 0 Å². The Morgan fingerprint density at radius 3 is 2.36 bits per heavy atom. The minimum absolute atomic E-state index is 0.474. The zero-order valence-electron chi connectivity index (χ0n) is 9.60.